The van der Waals surface area contributed by atoms with Crippen molar-refractivity contribution in [2.75, 3.05) is 13.2 Å². The summed E-state index contributed by atoms with van der Waals surface area (Å²) in [7, 11) is -4.06. The van der Waals surface area contributed by atoms with Gasteiger partial charge in [0.25, 0.3) is 0 Å². The van der Waals surface area contributed by atoms with Crippen molar-refractivity contribution in [2.45, 2.75) is 45.4 Å². The van der Waals surface area contributed by atoms with E-state index in [4.69, 9.17) is 46.5 Å². The summed E-state index contributed by atoms with van der Waals surface area (Å²) in [4.78, 5) is 24.5. The van der Waals surface area contributed by atoms with Gasteiger partial charge in [0.15, 0.2) is 23.3 Å². The summed E-state index contributed by atoms with van der Waals surface area (Å²) in [5.74, 6) is -0.326. The molecule has 3 aromatic rings. The van der Waals surface area contributed by atoms with Crippen LogP contribution in [0.2, 0.25) is 10.4 Å². The number of fused-ring (bicyclic) bond motifs is 1. The van der Waals surface area contributed by atoms with Crippen LogP contribution in [0.1, 0.15) is 27.0 Å². The summed E-state index contributed by atoms with van der Waals surface area (Å²) in [6, 6.07) is 7.43. The first-order chi connectivity index (χ1) is 17.1. The van der Waals surface area contributed by atoms with E-state index in [9.17, 15) is 9.36 Å². The second kappa shape index (κ2) is 11.4. The number of esters is 1. The Morgan fingerprint density at radius 2 is 2.00 bits per heavy atom. The number of imidazole rings is 1. The van der Waals surface area contributed by atoms with E-state index in [0.29, 0.717) is 11.2 Å². The molecule has 1 aliphatic heterocycles. The largest absolute Gasteiger partial charge is 0.462 e. The van der Waals surface area contributed by atoms with Crippen molar-refractivity contribution in [3.8, 4) is 5.75 Å². The fourth-order valence-electron chi connectivity index (χ4n) is 3.24. The minimum atomic E-state index is -4.06. The highest BCUT2D eigenvalue weighted by Gasteiger charge is 2.36. The molecular weight excluding hydrogens is 536 g/mol. The van der Waals surface area contributed by atoms with Crippen LogP contribution in [0.5, 0.6) is 5.75 Å². The van der Waals surface area contributed by atoms with E-state index in [1.807, 2.05) is 0 Å². The third-order valence-electron chi connectivity index (χ3n) is 4.80. The van der Waals surface area contributed by atoms with Gasteiger partial charge in [0.1, 0.15) is 23.9 Å². The van der Waals surface area contributed by atoms with E-state index in [-0.39, 0.29) is 35.5 Å². The van der Waals surface area contributed by atoms with Crippen molar-refractivity contribution in [2.24, 2.45) is 0 Å². The van der Waals surface area contributed by atoms with E-state index in [1.165, 1.54) is 13.3 Å². The summed E-state index contributed by atoms with van der Waals surface area (Å²) in [5, 5.41) is 2.68. The predicted octanol–water partition coefficient (Wildman–Crippen LogP) is 4.14. The highest BCUT2D eigenvalue weighted by molar-refractivity contribution is 7.52. The topological polar surface area (TPSA) is 136 Å². The van der Waals surface area contributed by atoms with Gasteiger partial charge in [-0.25, -0.2) is 14.5 Å². The lowest BCUT2D eigenvalue weighted by atomic mass is 10.3. The highest BCUT2D eigenvalue weighted by atomic mass is 35.5. The maximum absolute atomic E-state index is 13.6. The molecule has 4 atom stereocenters. The normalized spacial score (nSPS) is 20.4. The lowest BCUT2D eigenvalue weighted by molar-refractivity contribution is -0.149. The molecule has 12 nitrogen and oxygen atoms in total. The molecule has 1 fully saturated rings. The summed E-state index contributed by atoms with van der Waals surface area (Å²) >= 11 is 12.0. The summed E-state index contributed by atoms with van der Waals surface area (Å²) in [6.45, 7) is 4.76. The van der Waals surface area contributed by atoms with Gasteiger partial charge in [-0.3, -0.25) is 13.9 Å². The van der Waals surface area contributed by atoms with Gasteiger partial charge in [0.05, 0.1) is 19.0 Å². The van der Waals surface area contributed by atoms with E-state index in [2.05, 4.69) is 20.0 Å². The van der Waals surface area contributed by atoms with Crippen molar-refractivity contribution in [3.05, 3.63) is 47.1 Å². The van der Waals surface area contributed by atoms with Gasteiger partial charge in [0.2, 0.25) is 5.28 Å². The number of rotatable bonds is 10. The van der Waals surface area contributed by atoms with E-state index < -0.39 is 32.3 Å². The van der Waals surface area contributed by atoms with E-state index in [1.54, 1.807) is 48.7 Å². The Hall–Kier alpha value is -2.31. The molecule has 2 aromatic heterocycles. The number of benzene rings is 1. The van der Waals surface area contributed by atoms with Gasteiger partial charge in [-0.2, -0.15) is 10.1 Å². The third-order valence-corrected chi connectivity index (χ3v) is 6.88. The lowest BCUT2D eigenvalue weighted by Crippen LogP contribution is -2.36. The van der Waals surface area contributed by atoms with Crippen LogP contribution < -0.4 is 9.61 Å². The Morgan fingerprint density at radius 3 is 2.72 bits per heavy atom. The molecule has 0 saturated carbocycles. The lowest BCUT2D eigenvalue weighted by Gasteiger charge is -2.24. The second-order valence-electron chi connectivity index (χ2n) is 8.00. The molecule has 0 unspecified atom stereocenters. The first-order valence-corrected chi connectivity index (χ1v) is 13.2. The number of halogens is 2. The average Bonchev–Trinajstić information content (AvgIpc) is 3.45. The number of hydrogen-bond donors (Lipinski definition) is 1. The molecule has 4 rings (SSSR count). The number of hydrogen-bond acceptors (Lipinski definition) is 10. The number of carbonyl (C=O) groups excluding carboxylic acids is 1. The molecule has 194 valence electrons. The molecule has 1 aliphatic rings. The molecule has 0 spiro atoms. The Kier molecular flexibility index (Phi) is 8.46. The maximum atomic E-state index is 13.6. The molecule has 0 bridgehead atoms. The van der Waals surface area contributed by atoms with Crippen LogP contribution in [0.25, 0.3) is 11.2 Å². The van der Waals surface area contributed by atoms with Gasteiger partial charge < -0.3 is 18.7 Å². The molecule has 0 radical (unpaired) electrons. The Balaban J connectivity index is 1.44. The second-order valence-corrected chi connectivity index (χ2v) is 10.4. The van der Waals surface area contributed by atoms with Crippen LogP contribution >= 0.6 is 30.9 Å². The number of ether oxygens (including phenoxy) is 3. The fraction of sp³-hybridized carbons (Fsp3) is 0.429. The zero-order chi connectivity index (χ0) is 25.9. The minimum absolute atomic E-state index is 0.0387. The summed E-state index contributed by atoms with van der Waals surface area (Å²) in [6.07, 6.45) is -0.407. The van der Waals surface area contributed by atoms with Crippen LogP contribution in [0.3, 0.4) is 0 Å². The number of aromatic nitrogens is 4. The molecule has 15 heteroatoms. The molecule has 1 aromatic carbocycles. The van der Waals surface area contributed by atoms with E-state index in [0.717, 1.165) is 0 Å². The third kappa shape index (κ3) is 6.51. The number of nitrogens with one attached hydrogen (secondary N) is 1. The van der Waals surface area contributed by atoms with Crippen LogP contribution in [-0.2, 0) is 28.1 Å². The van der Waals surface area contributed by atoms with Crippen molar-refractivity contribution >= 4 is 48.1 Å². The van der Waals surface area contributed by atoms with Gasteiger partial charge in [-0.1, -0.05) is 29.8 Å². The monoisotopic (exact) mass is 559 g/mol. The zero-order valence-corrected chi connectivity index (χ0v) is 21.9. The Morgan fingerprint density at radius 1 is 1.25 bits per heavy atom. The summed E-state index contributed by atoms with van der Waals surface area (Å²) in [5.41, 5.74) is 0.726. The van der Waals surface area contributed by atoms with Crippen LogP contribution in [0.15, 0.2) is 36.7 Å². The standard InChI is InChI=1S/C21H24Cl2N5O7P/c1-12(2)33-20(29)13(3)27-36(30,35-14-7-5-4-6-8-14)32-10-16-31-9-15(34-16)28-11-24-17-18(22)25-21(23)26-19(17)28/h4-8,11-13,15-16H,9-10H2,1-3H3,(H,27,30)/t13-,15+,16+,36-/m0/s1. The molecule has 0 aliphatic carbocycles. The van der Waals surface area contributed by atoms with Gasteiger partial charge in [-0.05, 0) is 44.5 Å². The SMILES string of the molecule is CC(C)OC(=O)[C@H](C)N[P@](=O)(OC[C@@H]1OC[C@H](n2cnc3c(Cl)nc(Cl)nc32)O1)Oc1ccccc1. The molecule has 0 amide bonds. The van der Waals surface area contributed by atoms with Gasteiger partial charge in [-0.15, -0.1) is 0 Å². The zero-order valence-electron chi connectivity index (χ0n) is 19.5. The smallest absolute Gasteiger partial charge is 0.459 e. The van der Waals surface area contributed by atoms with Crippen LogP contribution in [0, 0.1) is 0 Å². The molecular formula is C21H24Cl2N5O7P. The fourth-order valence-corrected chi connectivity index (χ4v) is 5.14. The predicted molar refractivity (Wildman–Crippen MR) is 130 cm³/mol. The van der Waals surface area contributed by atoms with E-state index >= 15 is 0 Å². The van der Waals surface area contributed by atoms with Crippen molar-refractivity contribution < 1.29 is 32.6 Å². The minimum Gasteiger partial charge on any atom is -0.462 e. The highest BCUT2D eigenvalue weighted by Crippen LogP contribution is 2.45. The van der Waals surface area contributed by atoms with Gasteiger partial charge >= 0.3 is 13.7 Å². The van der Waals surface area contributed by atoms with Crippen molar-refractivity contribution in [1.82, 2.24) is 24.6 Å². The van der Waals surface area contributed by atoms with Crippen LogP contribution in [-0.4, -0.2) is 57.1 Å². The molecule has 1 saturated heterocycles. The van der Waals surface area contributed by atoms with Crippen LogP contribution in [0.4, 0.5) is 0 Å². The van der Waals surface area contributed by atoms with Gasteiger partial charge in [0, 0.05) is 0 Å². The first-order valence-electron chi connectivity index (χ1n) is 10.9. The Bertz CT molecular complexity index is 1260. The first kappa shape index (κ1) is 26.7. The average molecular weight is 560 g/mol. The number of carbonyl (C=O) groups is 1. The number of para-hydroxylation sites is 1. The number of nitrogens with zero attached hydrogens (tertiary/aromatic N) is 4. The maximum Gasteiger partial charge on any atom is 0.459 e. The molecule has 36 heavy (non-hydrogen) atoms. The molecule has 3 heterocycles. The quantitative estimate of drug-likeness (QED) is 0.166. The van der Waals surface area contributed by atoms with Crippen molar-refractivity contribution in [1.29, 1.82) is 0 Å². The summed E-state index contributed by atoms with van der Waals surface area (Å²) < 4.78 is 43.1. The van der Waals surface area contributed by atoms with Crippen molar-refractivity contribution in [3.63, 3.8) is 0 Å². The Labute approximate surface area is 216 Å². The molecule has 1 N–H and O–H groups in total.